The van der Waals surface area contributed by atoms with Gasteiger partial charge in [-0.3, -0.25) is 0 Å². The number of hydrogen-bond acceptors (Lipinski definition) is 11. The fraction of sp³-hybridized carbons (Fsp3) is 0.259. The number of nitriles is 1. The zero-order valence-electron chi connectivity index (χ0n) is 38.6. The molecular formula is C54H56N8O6. The van der Waals surface area contributed by atoms with Crippen LogP contribution in [0.5, 0.6) is 34.8 Å². The van der Waals surface area contributed by atoms with Crippen LogP contribution in [0.15, 0.2) is 146 Å². The Balaban J connectivity index is 0.000000169. The first-order valence-corrected chi connectivity index (χ1v) is 22.3. The molecule has 4 aromatic heterocycles. The highest BCUT2D eigenvalue weighted by atomic mass is 16.6. The largest absolute Gasteiger partial charge is 0.490 e. The molecule has 1 saturated heterocycles. The quantitative estimate of drug-likeness (QED) is 0.0431. The summed E-state index contributed by atoms with van der Waals surface area (Å²) in [5.74, 6) is 3.59. The lowest BCUT2D eigenvalue weighted by molar-refractivity contribution is 0.0996. The van der Waals surface area contributed by atoms with Gasteiger partial charge in [0.15, 0.2) is 0 Å². The Labute approximate surface area is 396 Å². The maximum absolute atomic E-state index is 10.4. The van der Waals surface area contributed by atoms with Crippen LogP contribution in [0.3, 0.4) is 0 Å². The Kier molecular flexibility index (Phi) is 16.1. The van der Waals surface area contributed by atoms with Gasteiger partial charge in [0, 0.05) is 64.2 Å². The molecule has 6 N–H and O–H groups in total. The van der Waals surface area contributed by atoms with Gasteiger partial charge >= 0.3 is 0 Å². The molecule has 4 aromatic carbocycles. The summed E-state index contributed by atoms with van der Waals surface area (Å²) in [7, 11) is 0. The third-order valence-electron chi connectivity index (χ3n) is 10.5. The van der Waals surface area contributed by atoms with E-state index >= 15 is 0 Å². The number of aromatic nitrogens is 4. The van der Waals surface area contributed by atoms with Crippen LogP contribution < -0.4 is 30.0 Å². The van der Waals surface area contributed by atoms with Crippen molar-refractivity contribution in [2.24, 2.45) is 5.73 Å². The molecule has 1 aliphatic rings. The second-order valence-electron chi connectivity index (χ2n) is 17.6. The predicted octanol–water partition coefficient (Wildman–Crippen LogP) is 10.2. The molecule has 8 aromatic rings. The maximum Gasteiger partial charge on any atom is 0.247 e. The first-order chi connectivity index (χ1) is 32.8. The number of ether oxygens (including phenoxy) is 5. The number of fused-ring (bicyclic) bond motifs is 2. The highest BCUT2D eigenvalue weighted by Gasteiger charge is 2.23. The molecule has 1 aliphatic heterocycles. The van der Waals surface area contributed by atoms with E-state index in [0.717, 1.165) is 63.9 Å². The number of nitrogens with one attached hydrogen (secondary N) is 3. The molecule has 0 saturated carbocycles. The lowest BCUT2D eigenvalue weighted by Gasteiger charge is -2.28. The van der Waals surface area contributed by atoms with E-state index in [-0.39, 0.29) is 17.7 Å². The normalized spacial score (nSPS) is 13.4. The van der Waals surface area contributed by atoms with Crippen LogP contribution in [0.4, 0.5) is 5.69 Å². The number of benzene rings is 4. The number of aliphatic hydroxyl groups excluding tert-OH is 1. The Morgan fingerprint density at radius 2 is 1.34 bits per heavy atom. The average molecular weight is 913 g/mol. The van der Waals surface area contributed by atoms with Crippen LogP contribution in [0.25, 0.3) is 26.7 Å². The first kappa shape index (κ1) is 48.2. The minimum atomic E-state index is -0.640. The highest BCUT2D eigenvalue weighted by molar-refractivity contribution is 5.86. The average Bonchev–Trinajstić information content (AvgIpc) is 3.80. The van der Waals surface area contributed by atoms with Gasteiger partial charge < -0.3 is 49.8 Å². The van der Waals surface area contributed by atoms with Crippen molar-refractivity contribution in [2.75, 3.05) is 26.4 Å². The van der Waals surface area contributed by atoms with Gasteiger partial charge in [-0.2, -0.15) is 5.26 Å². The van der Waals surface area contributed by atoms with E-state index in [0.29, 0.717) is 53.8 Å². The summed E-state index contributed by atoms with van der Waals surface area (Å²) in [6, 6.07) is 40.1. The minimum Gasteiger partial charge on any atom is -0.490 e. The lowest BCUT2D eigenvalue weighted by atomic mass is 9.94. The molecular weight excluding hydrogens is 857 g/mol. The second kappa shape index (κ2) is 22.7. The van der Waals surface area contributed by atoms with Crippen molar-refractivity contribution in [3.05, 3.63) is 174 Å². The molecule has 0 radical (unpaired) electrons. The molecule has 68 heavy (non-hydrogen) atoms. The monoisotopic (exact) mass is 912 g/mol. The van der Waals surface area contributed by atoms with Crippen molar-refractivity contribution in [3.63, 3.8) is 0 Å². The van der Waals surface area contributed by atoms with Crippen molar-refractivity contribution in [1.82, 2.24) is 25.3 Å². The number of rotatable bonds is 17. The van der Waals surface area contributed by atoms with Crippen LogP contribution in [-0.4, -0.2) is 74.7 Å². The summed E-state index contributed by atoms with van der Waals surface area (Å²) in [6.45, 7) is 17.5. The van der Waals surface area contributed by atoms with Crippen LogP contribution in [0, 0.1) is 17.9 Å². The van der Waals surface area contributed by atoms with E-state index in [9.17, 15) is 5.11 Å². The van der Waals surface area contributed by atoms with Gasteiger partial charge in [0.05, 0.1) is 13.2 Å². The number of pyridine rings is 2. The number of H-pyrrole nitrogens is 2. The van der Waals surface area contributed by atoms with Crippen molar-refractivity contribution >= 4 is 27.5 Å². The van der Waals surface area contributed by atoms with E-state index in [1.165, 1.54) is 0 Å². The third kappa shape index (κ3) is 14.4. The molecule has 0 unspecified atom stereocenters. The highest BCUT2D eigenvalue weighted by Crippen LogP contribution is 2.30. The van der Waals surface area contributed by atoms with E-state index < -0.39 is 6.10 Å². The molecule has 1 fully saturated rings. The number of β-amino-alcohol motifs (C(OH)–C–C–N with tert-alkyl or cyclic N) is 1. The zero-order valence-corrected chi connectivity index (χ0v) is 38.6. The van der Waals surface area contributed by atoms with E-state index in [1.807, 2.05) is 123 Å². The van der Waals surface area contributed by atoms with Crippen molar-refractivity contribution in [3.8, 4) is 40.8 Å². The zero-order chi connectivity index (χ0) is 47.9. The molecule has 0 amide bonds. The summed E-state index contributed by atoms with van der Waals surface area (Å²) in [6.07, 6.45) is 8.23. The molecule has 14 nitrogen and oxygen atoms in total. The summed E-state index contributed by atoms with van der Waals surface area (Å²) in [5.41, 5.74) is 10.7. The SMILES string of the molecule is CC(C)(N)Cc1ccc(Oc2ncccc2C#N)cc1.[C-]#[N+]c1cccnc1Oc1ccc(CC(C)(C)NC[C@H](O)COc2cccc3[nH]ccc23)cc1.c1cc(OC[C@@H]2CO2)c2cc[nH]c2c1. The van der Waals surface area contributed by atoms with Gasteiger partial charge in [-0.05, 0) is 131 Å². The van der Waals surface area contributed by atoms with Gasteiger partial charge in [0.25, 0.3) is 0 Å². The van der Waals surface area contributed by atoms with Crippen molar-refractivity contribution in [2.45, 2.75) is 63.8 Å². The first-order valence-electron chi connectivity index (χ1n) is 22.3. The molecule has 0 bridgehead atoms. The second-order valence-corrected chi connectivity index (χ2v) is 17.6. The van der Waals surface area contributed by atoms with Crippen LogP contribution >= 0.6 is 0 Å². The molecule has 2 atom stereocenters. The molecule has 0 spiro atoms. The van der Waals surface area contributed by atoms with Gasteiger partial charge in [0.2, 0.25) is 17.4 Å². The number of epoxide rings is 1. The van der Waals surface area contributed by atoms with Gasteiger partial charge in [-0.1, -0.05) is 42.5 Å². The van der Waals surface area contributed by atoms with E-state index in [1.54, 1.807) is 36.7 Å². The molecule has 14 heteroatoms. The summed E-state index contributed by atoms with van der Waals surface area (Å²) < 4.78 is 28.0. The third-order valence-corrected chi connectivity index (χ3v) is 10.5. The fourth-order valence-electron chi connectivity index (χ4n) is 7.13. The smallest absolute Gasteiger partial charge is 0.247 e. The summed E-state index contributed by atoms with van der Waals surface area (Å²) >= 11 is 0. The summed E-state index contributed by atoms with van der Waals surface area (Å²) in [4.78, 5) is 17.9. The maximum atomic E-state index is 10.4. The number of aromatic amines is 2. The Hall–Kier alpha value is -7.72. The Morgan fingerprint density at radius 3 is 1.91 bits per heavy atom. The molecule has 348 valence electrons. The molecule has 0 aliphatic carbocycles. The van der Waals surface area contributed by atoms with E-state index in [2.05, 4.69) is 50.0 Å². The van der Waals surface area contributed by atoms with Crippen molar-refractivity contribution in [1.29, 1.82) is 5.26 Å². The summed E-state index contributed by atoms with van der Waals surface area (Å²) in [5, 5.41) is 25.0. The number of nitrogens with two attached hydrogens (primary N) is 1. The van der Waals surface area contributed by atoms with Crippen molar-refractivity contribution < 1.29 is 28.8 Å². The lowest BCUT2D eigenvalue weighted by Crippen LogP contribution is -2.46. The number of nitrogens with zero attached hydrogens (tertiary/aromatic N) is 4. The van der Waals surface area contributed by atoms with Gasteiger partial charge in [0.1, 0.15) is 60.1 Å². The molecule has 5 heterocycles. The van der Waals surface area contributed by atoms with Crippen LogP contribution in [0.2, 0.25) is 0 Å². The Bertz CT molecular complexity index is 2940. The standard InChI is InChI=1S/C27H28N4O3.C16H17N3O.C11H11NO2/c1-27(2,31-17-20(32)18-33-25-8-4-6-23-22(25)13-15-29-23)16-19-9-11-21(12-10-19)34-26-24(28-3)7-5-14-30-26;1-16(2,18)10-12-5-7-14(8-6-12)20-15-13(11-17)4-3-9-19-15;1-2-10-9(4-5-12-10)11(3-1)14-7-8-6-13-8/h4-15,20,29,31-32H,16-18H2,1-2H3;3-9H,10,18H2,1-2H3;1-5,8,12H,6-7H2/t20-;;8-/m0.0/s1. The van der Waals surface area contributed by atoms with Gasteiger partial charge in [-0.15, -0.1) is 0 Å². The fourth-order valence-corrected chi connectivity index (χ4v) is 7.13. The number of hydrogen-bond donors (Lipinski definition) is 5. The minimum absolute atomic E-state index is 0.208. The predicted molar refractivity (Wildman–Crippen MR) is 264 cm³/mol. The van der Waals surface area contributed by atoms with E-state index in [4.69, 9.17) is 41.3 Å². The topological polar surface area (TPSA) is 193 Å². The Morgan fingerprint density at radius 1 is 0.779 bits per heavy atom. The van der Waals surface area contributed by atoms with Crippen LogP contribution in [0.1, 0.15) is 44.4 Å². The number of aliphatic hydroxyl groups is 1. The van der Waals surface area contributed by atoms with Gasteiger partial charge in [-0.25, -0.2) is 14.8 Å². The van der Waals surface area contributed by atoms with Crippen LogP contribution in [-0.2, 0) is 17.6 Å². The molecule has 9 rings (SSSR count).